The Balaban J connectivity index is 1.50. The third-order valence-electron chi connectivity index (χ3n) is 4.99. The number of hydrogen-bond acceptors (Lipinski definition) is 4. The van der Waals surface area contributed by atoms with Crippen LogP contribution >= 0.6 is 0 Å². The molecule has 0 unspecified atom stereocenters. The fraction of sp³-hybridized carbons (Fsp3) is 0.136. The molecule has 28 heavy (non-hydrogen) atoms. The normalized spacial score (nSPS) is 11.3. The molecule has 0 bridgehead atoms. The summed E-state index contributed by atoms with van der Waals surface area (Å²) in [6.07, 6.45) is 4.86. The maximum absolute atomic E-state index is 9.59. The molecule has 1 N–H and O–H groups in total. The highest BCUT2D eigenvalue weighted by atomic mass is 15.1. The Morgan fingerprint density at radius 1 is 1.11 bits per heavy atom. The number of nitriles is 1. The van der Waals surface area contributed by atoms with E-state index in [9.17, 15) is 5.26 Å². The van der Waals surface area contributed by atoms with Crippen molar-refractivity contribution in [3.05, 3.63) is 77.7 Å². The highest BCUT2D eigenvalue weighted by Crippen LogP contribution is 2.26. The average Bonchev–Trinajstić information content (AvgIpc) is 3.29. The summed E-state index contributed by atoms with van der Waals surface area (Å²) in [5.41, 5.74) is 6.09. The molecule has 0 radical (unpaired) electrons. The Hall–Kier alpha value is -3.85. The number of imidazole rings is 2. The van der Waals surface area contributed by atoms with Crippen LogP contribution in [0.2, 0.25) is 0 Å². The lowest BCUT2D eigenvalue weighted by molar-refractivity contribution is 0.964. The Morgan fingerprint density at radius 3 is 2.82 bits per heavy atom. The molecule has 5 rings (SSSR count). The predicted molar refractivity (Wildman–Crippen MR) is 110 cm³/mol. The molecule has 136 valence electrons. The highest BCUT2D eigenvalue weighted by molar-refractivity contribution is 5.85. The molecule has 4 aromatic heterocycles. The summed E-state index contributed by atoms with van der Waals surface area (Å²) in [6, 6.07) is 18.3. The Labute approximate surface area is 161 Å². The number of anilines is 1. The van der Waals surface area contributed by atoms with Crippen molar-refractivity contribution >= 4 is 28.1 Å². The first-order chi connectivity index (χ1) is 13.7. The first-order valence-electron chi connectivity index (χ1n) is 9.22. The van der Waals surface area contributed by atoms with Crippen LogP contribution in [0.15, 0.2) is 60.9 Å². The summed E-state index contributed by atoms with van der Waals surface area (Å²) >= 11 is 0. The Kier molecular flexibility index (Phi) is 3.73. The van der Waals surface area contributed by atoms with Gasteiger partial charge in [-0.2, -0.15) is 5.26 Å². The second-order valence-electron chi connectivity index (χ2n) is 6.83. The van der Waals surface area contributed by atoms with Crippen LogP contribution in [-0.4, -0.2) is 25.3 Å². The number of rotatable bonds is 4. The van der Waals surface area contributed by atoms with Crippen molar-refractivity contribution in [1.29, 1.82) is 5.26 Å². The van der Waals surface area contributed by atoms with Crippen molar-refractivity contribution in [2.24, 2.45) is 0 Å². The number of aromatic nitrogens is 4. The van der Waals surface area contributed by atoms with Crippen molar-refractivity contribution in [2.75, 3.05) is 11.9 Å². The van der Waals surface area contributed by atoms with Crippen molar-refractivity contribution in [3.63, 3.8) is 0 Å². The molecule has 0 amide bonds. The number of hydrogen-bond donors (Lipinski definition) is 1. The van der Waals surface area contributed by atoms with Crippen LogP contribution in [0.3, 0.4) is 0 Å². The molecule has 5 aromatic rings. The van der Waals surface area contributed by atoms with Gasteiger partial charge in [0.05, 0.1) is 22.3 Å². The van der Waals surface area contributed by atoms with Gasteiger partial charge in [-0.1, -0.05) is 18.2 Å². The highest BCUT2D eigenvalue weighted by Gasteiger charge is 2.14. The van der Waals surface area contributed by atoms with E-state index in [1.165, 1.54) is 0 Å². The first-order valence-corrected chi connectivity index (χ1v) is 9.22. The van der Waals surface area contributed by atoms with Crippen molar-refractivity contribution in [1.82, 2.24) is 18.8 Å². The minimum absolute atomic E-state index is 0.613. The maximum Gasteiger partial charge on any atom is 0.157 e. The van der Waals surface area contributed by atoms with Crippen LogP contribution in [0.4, 0.5) is 5.82 Å². The third-order valence-corrected chi connectivity index (χ3v) is 4.99. The summed E-state index contributed by atoms with van der Waals surface area (Å²) in [7, 11) is 0. The van der Waals surface area contributed by atoms with E-state index in [1.807, 2.05) is 70.5 Å². The molecule has 6 heteroatoms. The average molecular weight is 366 g/mol. The zero-order valence-corrected chi connectivity index (χ0v) is 15.4. The molecule has 0 fully saturated rings. The van der Waals surface area contributed by atoms with Crippen molar-refractivity contribution in [2.45, 2.75) is 13.3 Å². The number of para-hydroxylation sites is 2. The molecular weight excluding hydrogens is 348 g/mol. The number of nitrogens with zero attached hydrogens (tertiary/aromatic N) is 5. The molecular formula is C22H18N6. The molecule has 4 heterocycles. The van der Waals surface area contributed by atoms with E-state index in [2.05, 4.69) is 27.6 Å². The smallest absolute Gasteiger partial charge is 0.157 e. The molecule has 0 saturated heterocycles. The van der Waals surface area contributed by atoms with Gasteiger partial charge in [0.25, 0.3) is 0 Å². The van der Waals surface area contributed by atoms with Crippen LogP contribution in [0, 0.1) is 18.3 Å². The van der Waals surface area contributed by atoms with Crippen LogP contribution in [0.5, 0.6) is 0 Å². The summed E-state index contributed by atoms with van der Waals surface area (Å²) < 4.78 is 4.06. The standard InChI is InChI=1S/C22H18N6/c1-15-12-21(24-10-9-16-14-27-11-5-4-8-20(27)25-16)28-19-7-3-2-6-18(19)26-22(28)17(15)13-23/h2-8,11-12,14,24H,9-10H2,1H3. The Bertz CT molecular complexity index is 1340. The molecule has 0 atom stereocenters. The molecule has 0 spiro atoms. The quantitative estimate of drug-likeness (QED) is 0.522. The van der Waals surface area contributed by atoms with Crippen LogP contribution in [0.1, 0.15) is 16.8 Å². The van der Waals surface area contributed by atoms with Crippen molar-refractivity contribution < 1.29 is 0 Å². The molecule has 0 saturated carbocycles. The SMILES string of the molecule is Cc1cc(NCCc2cn3ccccc3n2)n2c(nc3ccccc32)c1C#N. The van der Waals surface area contributed by atoms with Gasteiger partial charge in [-0.25, -0.2) is 9.97 Å². The van der Waals surface area contributed by atoms with E-state index in [-0.39, 0.29) is 0 Å². The fourth-order valence-electron chi connectivity index (χ4n) is 3.65. The minimum atomic E-state index is 0.613. The van der Waals surface area contributed by atoms with E-state index >= 15 is 0 Å². The van der Waals surface area contributed by atoms with E-state index < -0.39 is 0 Å². The second kappa shape index (κ2) is 6.39. The van der Waals surface area contributed by atoms with Gasteiger partial charge >= 0.3 is 0 Å². The zero-order valence-electron chi connectivity index (χ0n) is 15.4. The molecule has 1 aromatic carbocycles. The van der Waals surface area contributed by atoms with Crippen LogP contribution < -0.4 is 5.32 Å². The zero-order chi connectivity index (χ0) is 19.1. The van der Waals surface area contributed by atoms with E-state index in [4.69, 9.17) is 0 Å². The number of benzene rings is 1. The first kappa shape index (κ1) is 16.3. The molecule has 6 nitrogen and oxygen atoms in total. The maximum atomic E-state index is 9.59. The lowest BCUT2D eigenvalue weighted by Gasteiger charge is -2.12. The van der Waals surface area contributed by atoms with Gasteiger partial charge in [0, 0.05) is 25.4 Å². The molecule has 0 aliphatic heterocycles. The van der Waals surface area contributed by atoms with E-state index in [0.29, 0.717) is 11.2 Å². The van der Waals surface area contributed by atoms with E-state index in [0.717, 1.165) is 46.7 Å². The molecule has 0 aliphatic rings. The summed E-state index contributed by atoms with van der Waals surface area (Å²) in [4.78, 5) is 9.34. The van der Waals surface area contributed by atoms with Crippen LogP contribution in [-0.2, 0) is 6.42 Å². The number of pyridine rings is 2. The topological polar surface area (TPSA) is 70.4 Å². The Morgan fingerprint density at radius 2 is 1.96 bits per heavy atom. The second-order valence-corrected chi connectivity index (χ2v) is 6.83. The minimum Gasteiger partial charge on any atom is -0.371 e. The fourth-order valence-corrected chi connectivity index (χ4v) is 3.65. The monoisotopic (exact) mass is 366 g/mol. The van der Waals surface area contributed by atoms with Gasteiger partial charge in [0.1, 0.15) is 17.5 Å². The van der Waals surface area contributed by atoms with E-state index in [1.54, 1.807) is 0 Å². The lowest BCUT2D eigenvalue weighted by atomic mass is 10.1. The number of nitrogens with one attached hydrogen (secondary N) is 1. The summed E-state index contributed by atoms with van der Waals surface area (Å²) in [5, 5.41) is 13.1. The third kappa shape index (κ3) is 2.57. The van der Waals surface area contributed by atoms with Gasteiger partial charge in [-0.15, -0.1) is 0 Å². The van der Waals surface area contributed by atoms with Gasteiger partial charge in [-0.3, -0.25) is 4.40 Å². The largest absolute Gasteiger partial charge is 0.371 e. The van der Waals surface area contributed by atoms with Gasteiger partial charge < -0.3 is 9.72 Å². The predicted octanol–water partition coefficient (Wildman–Crippen LogP) is 3.97. The van der Waals surface area contributed by atoms with Gasteiger partial charge in [-0.05, 0) is 42.8 Å². The number of fused-ring (bicyclic) bond motifs is 4. The van der Waals surface area contributed by atoms with Gasteiger partial charge in [0.15, 0.2) is 5.65 Å². The summed E-state index contributed by atoms with van der Waals surface area (Å²) in [5.74, 6) is 0.934. The number of aryl methyl sites for hydroxylation is 1. The van der Waals surface area contributed by atoms with Gasteiger partial charge in [0.2, 0.25) is 0 Å². The summed E-state index contributed by atoms with van der Waals surface area (Å²) in [6.45, 7) is 2.68. The van der Waals surface area contributed by atoms with Crippen molar-refractivity contribution in [3.8, 4) is 6.07 Å². The lowest BCUT2D eigenvalue weighted by Crippen LogP contribution is -2.09. The van der Waals surface area contributed by atoms with Crippen LogP contribution in [0.25, 0.3) is 22.3 Å². The molecule has 0 aliphatic carbocycles.